The largest absolute Gasteiger partial charge is 0.493 e. The van der Waals surface area contributed by atoms with E-state index in [0.717, 1.165) is 36.6 Å². The van der Waals surface area contributed by atoms with Gasteiger partial charge >= 0.3 is 0 Å². The first kappa shape index (κ1) is 12.8. The number of ether oxygens (including phenoxy) is 2. The fourth-order valence-electron chi connectivity index (χ4n) is 1.61. The Morgan fingerprint density at radius 2 is 2.06 bits per heavy atom. The van der Waals surface area contributed by atoms with Crippen molar-refractivity contribution < 1.29 is 19.9 Å². The molecule has 0 spiro atoms. The monoisotopic (exact) mass is 226 g/mol. The normalized spacial score (nSPS) is 10.2. The van der Waals surface area contributed by atoms with Gasteiger partial charge in [0.25, 0.3) is 0 Å². The molecule has 1 aromatic rings. The first-order chi connectivity index (χ1) is 7.83. The maximum absolute atomic E-state index is 8.68. The summed E-state index contributed by atoms with van der Waals surface area (Å²) >= 11 is 0. The van der Waals surface area contributed by atoms with E-state index in [0.29, 0.717) is 0 Å². The predicted molar refractivity (Wildman–Crippen MR) is 61.7 cm³/mol. The molecule has 0 aliphatic rings. The SMILES string of the molecule is COc1cccc(C[NH2+]CCCO)c1OC. The molecule has 0 radical (unpaired) electrons. The van der Waals surface area contributed by atoms with Crippen molar-refractivity contribution in [1.82, 2.24) is 0 Å². The van der Waals surface area contributed by atoms with E-state index >= 15 is 0 Å². The van der Waals surface area contributed by atoms with Crippen LogP contribution in [-0.2, 0) is 6.54 Å². The molecule has 4 heteroatoms. The second-order valence-electron chi connectivity index (χ2n) is 3.51. The van der Waals surface area contributed by atoms with Crippen molar-refractivity contribution in [2.45, 2.75) is 13.0 Å². The van der Waals surface area contributed by atoms with Gasteiger partial charge < -0.3 is 19.9 Å². The lowest BCUT2D eigenvalue weighted by Gasteiger charge is -2.11. The summed E-state index contributed by atoms with van der Waals surface area (Å²) in [7, 11) is 3.28. The number of hydrogen-bond donors (Lipinski definition) is 2. The highest BCUT2D eigenvalue weighted by atomic mass is 16.5. The number of benzene rings is 1. The Morgan fingerprint density at radius 1 is 1.25 bits per heavy atom. The first-order valence-corrected chi connectivity index (χ1v) is 5.46. The molecule has 0 heterocycles. The Kier molecular flexibility index (Phi) is 5.67. The average Bonchev–Trinajstić information content (AvgIpc) is 2.34. The third kappa shape index (κ3) is 3.40. The fourth-order valence-corrected chi connectivity index (χ4v) is 1.61. The maximum Gasteiger partial charge on any atom is 0.169 e. The first-order valence-electron chi connectivity index (χ1n) is 5.46. The molecular formula is C12H20NO3+. The van der Waals surface area contributed by atoms with Crippen LogP contribution >= 0.6 is 0 Å². The molecule has 0 amide bonds. The van der Waals surface area contributed by atoms with Crippen molar-refractivity contribution >= 4 is 0 Å². The van der Waals surface area contributed by atoms with Gasteiger partial charge in [0.15, 0.2) is 11.5 Å². The van der Waals surface area contributed by atoms with Crippen molar-refractivity contribution in [3.63, 3.8) is 0 Å². The lowest BCUT2D eigenvalue weighted by Crippen LogP contribution is -2.82. The number of methoxy groups -OCH3 is 2. The second kappa shape index (κ2) is 7.09. The summed E-state index contributed by atoms with van der Waals surface area (Å²) in [5.41, 5.74) is 1.11. The minimum absolute atomic E-state index is 0.242. The zero-order valence-electron chi connectivity index (χ0n) is 9.90. The Balaban J connectivity index is 2.63. The van der Waals surface area contributed by atoms with E-state index in [1.54, 1.807) is 14.2 Å². The molecule has 0 atom stereocenters. The Morgan fingerprint density at radius 3 is 2.69 bits per heavy atom. The summed E-state index contributed by atoms with van der Waals surface area (Å²) in [4.78, 5) is 0. The molecule has 1 rings (SSSR count). The van der Waals surface area contributed by atoms with E-state index < -0.39 is 0 Å². The molecule has 0 aliphatic carbocycles. The number of aliphatic hydroxyl groups is 1. The topological polar surface area (TPSA) is 55.3 Å². The predicted octanol–water partition coefficient (Wildman–Crippen LogP) is 0.150. The molecule has 16 heavy (non-hydrogen) atoms. The third-order valence-corrected chi connectivity index (χ3v) is 2.42. The summed E-state index contributed by atoms with van der Waals surface area (Å²) in [5, 5.41) is 10.8. The fraction of sp³-hybridized carbons (Fsp3) is 0.500. The van der Waals surface area contributed by atoms with Crippen molar-refractivity contribution in [2.75, 3.05) is 27.4 Å². The highest BCUT2D eigenvalue weighted by molar-refractivity contribution is 5.46. The number of hydrogen-bond acceptors (Lipinski definition) is 3. The Bertz CT molecular complexity index is 315. The van der Waals surface area contributed by atoms with Crippen LogP contribution in [0.3, 0.4) is 0 Å². The van der Waals surface area contributed by atoms with Gasteiger partial charge in [-0.3, -0.25) is 0 Å². The van der Waals surface area contributed by atoms with Crippen molar-refractivity contribution in [1.29, 1.82) is 0 Å². The van der Waals surface area contributed by atoms with Crippen LogP contribution in [0, 0.1) is 0 Å². The average molecular weight is 226 g/mol. The molecule has 90 valence electrons. The zero-order chi connectivity index (χ0) is 11.8. The minimum Gasteiger partial charge on any atom is -0.493 e. The number of rotatable bonds is 7. The van der Waals surface area contributed by atoms with Gasteiger partial charge in [0.1, 0.15) is 6.54 Å². The Hall–Kier alpha value is -1.26. The van der Waals surface area contributed by atoms with Crippen molar-refractivity contribution in [3.8, 4) is 11.5 Å². The lowest BCUT2D eigenvalue weighted by molar-refractivity contribution is -0.671. The van der Waals surface area contributed by atoms with Gasteiger partial charge in [-0.05, 0) is 12.1 Å². The van der Waals surface area contributed by atoms with Crippen LogP contribution in [0.25, 0.3) is 0 Å². The standard InChI is InChI=1S/C12H19NO3/c1-15-11-6-3-5-10(12(11)16-2)9-13-7-4-8-14/h3,5-6,13-14H,4,7-9H2,1-2H3/p+1. The zero-order valence-corrected chi connectivity index (χ0v) is 9.90. The second-order valence-corrected chi connectivity index (χ2v) is 3.51. The smallest absolute Gasteiger partial charge is 0.169 e. The van der Waals surface area contributed by atoms with E-state index in [4.69, 9.17) is 14.6 Å². The van der Waals surface area contributed by atoms with Gasteiger partial charge in [0.2, 0.25) is 0 Å². The van der Waals surface area contributed by atoms with Gasteiger partial charge in [0, 0.05) is 13.0 Å². The number of aliphatic hydroxyl groups excluding tert-OH is 1. The highest BCUT2D eigenvalue weighted by Crippen LogP contribution is 2.29. The van der Waals surface area contributed by atoms with E-state index in [9.17, 15) is 0 Å². The van der Waals surface area contributed by atoms with Gasteiger partial charge in [-0.1, -0.05) is 6.07 Å². The maximum atomic E-state index is 8.68. The van der Waals surface area contributed by atoms with Crippen LogP contribution in [-0.4, -0.2) is 32.5 Å². The van der Waals surface area contributed by atoms with Crippen LogP contribution in [0.1, 0.15) is 12.0 Å². The van der Waals surface area contributed by atoms with Gasteiger partial charge in [-0.15, -0.1) is 0 Å². The molecule has 0 bridgehead atoms. The van der Waals surface area contributed by atoms with Crippen LogP contribution < -0.4 is 14.8 Å². The quantitative estimate of drug-likeness (QED) is 0.651. The van der Waals surface area contributed by atoms with Crippen molar-refractivity contribution in [2.24, 2.45) is 0 Å². The molecule has 0 unspecified atom stereocenters. The van der Waals surface area contributed by atoms with Crippen LogP contribution in [0.15, 0.2) is 18.2 Å². The molecule has 0 saturated carbocycles. The number of quaternary nitrogens is 1. The molecule has 4 nitrogen and oxygen atoms in total. The molecular weight excluding hydrogens is 206 g/mol. The van der Waals surface area contributed by atoms with Crippen LogP contribution in [0.5, 0.6) is 11.5 Å². The summed E-state index contributed by atoms with van der Waals surface area (Å²) < 4.78 is 10.6. The van der Waals surface area contributed by atoms with Crippen molar-refractivity contribution in [3.05, 3.63) is 23.8 Å². The number of para-hydroxylation sites is 1. The Labute approximate surface area is 96.2 Å². The van der Waals surface area contributed by atoms with E-state index in [2.05, 4.69) is 5.32 Å². The molecule has 0 fully saturated rings. The van der Waals surface area contributed by atoms with Gasteiger partial charge in [-0.2, -0.15) is 0 Å². The summed E-state index contributed by atoms with van der Waals surface area (Å²) in [5.74, 6) is 1.56. The lowest BCUT2D eigenvalue weighted by atomic mass is 10.2. The summed E-state index contributed by atoms with van der Waals surface area (Å²) in [6, 6.07) is 5.86. The van der Waals surface area contributed by atoms with Crippen LogP contribution in [0.2, 0.25) is 0 Å². The third-order valence-electron chi connectivity index (χ3n) is 2.42. The summed E-state index contributed by atoms with van der Waals surface area (Å²) in [6.45, 7) is 1.99. The highest BCUT2D eigenvalue weighted by Gasteiger charge is 2.09. The van der Waals surface area contributed by atoms with E-state index in [-0.39, 0.29) is 6.61 Å². The van der Waals surface area contributed by atoms with Gasteiger partial charge in [0.05, 0.1) is 26.3 Å². The molecule has 0 saturated heterocycles. The minimum atomic E-state index is 0.242. The molecule has 1 aromatic carbocycles. The van der Waals surface area contributed by atoms with E-state index in [1.807, 2.05) is 18.2 Å². The number of nitrogens with two attached hydrogens (primary N) is 1. The van der Waals surface area contributed by atoms with Crippen LogP contribution in [0.4, 0.5) is 0 Å². The van der Waals surface area contributed by atoms with E-state index in [1.165, 1.54) is 0 Å². The summed E-state index contributed by atoms with van der Waals surface area (Å²) in [6.07, 6.45) is 0.812. The molecule has 3 N–H and O–H groups in total. The molecule has 0 aliphatic heterocycles. The van der Waals surface area contributed by atoms with Gasteiger partial charge in [-0.25, -0.2) is 0 Å². The molecule has 0 aromatic heterocycles.